The summed E-state index contributed by atoms with van der Waals surface area (Å²) in [6.45, 7) is 8.24. The molecular formula is C17H23ClN4O2. The van der Waals surface area contributed by atoms with E-state index >= 15 is 0 Å². The molecule has 2 aromatic heterocycles. The van der Waals surface area contributed by atoms with Crippen LogP contribution in [0.15, 0.2) is 6.20 Å². The molecule has 1 saturated heterocycles. The van der Waals surface area contributed by atoms with Crippen molar-refractivity contribution in [2.75, 3.05) is 26.2 Å². The number of ether oxygens (including phenoxy) is 1. The smallest absolute Gasteiger partial charge is 0.341 e. The minimum atomic E-state index is -0.446. The quantitative estimate of drug-likeness (QED) is 0.749. The van der Waals surface area contributed by atoms with Crippen molar-refractivity contribution >= 4 is 28.6 Å². The van der Waals surface area contributed by atoms with E-state index in [9.17, 15) is 4.79 Å². The topological polar surface area (TPSA) is 60.2 Å². The molecule has 0 spiro atoms. The number of carbonyl (C=O) groups is 1. The van der Waals surface area contributed by atoms with Gasteiger partial charge in [0.1, 0.15) is 0 Å². The van der Waals surface area contributed by atoms with Crippen LogP contribution in [0.1, 0.15) is 42.2 Å². The van der Waals surface area contributed by atoms with Crippen LogP contribution < -0.4 is 0 Å². The summed E-state index contributed by atoms with van der Waals surface area (Å²) in [6, 6.07) is 0. The first kappa shape index (κ1) is 17.2. The van der Waals surface area contributed by atoms with E-state index in [1.54, 1.807) is 6.92 Å². The Balaban J connectivity index is 1.80. The molecule has 0 saturated carbocycles. The molecule has 0 unspecified atom stereocenters. The minimum Gasteiger partial charge on any atom is -0.462 e. The van der Waals surface area contributed by atoms with Crippen LogP contribution in [-0.2, 0) is 11.3 Å². The largest absolute Gasteiger partial charge is 0.462 e. The van der Waals surface area contributed by atoms with E-state index in [2.05, 4.69) is 15.0 Å². The first-order valence-corrected chi connectivity index (χ1v) is 8.90. The maximum atomic E-state index is 12.0. The van der Waals surface area contributed by atoms with Crippen LogP contribution in [0.25, 0.3) is 11.0 Å². The molecule has 0 bridgehead atoms. The molecule has 0 atom stereocenters. The first-order chi connectivity index (χ1) is 11.6. The zero-order valence-corrected chi connectivity index (χ0v) is 15.0. The van der Waals surface area contributed by atoms with Crippen molar-refractivity contribution in [1.82, 2.24) is 19.7 Å². The zero-order valence-electron chi connectivity index (χ0n) is 14.2. The fourth-order valence-corrected chi connectivity index (χ4v) is 3.58. The standard InChI is InChI=1S/C17H23ClN4O2/c1-3-24-17(23)13-11-19-16-14(15(13)18)12(2)20-22(16)10-6-9-21-7-4-5-8-21/h11H,3-10H2,1-2H3. The van der Waals surface area contributed by atoms with Crippen LogP contribution in [0, 0.1) is 6.92 Å². The predicted molar refractivity (Wildman–Crippen MR) is 93.5 cm³/mol. The van der Waals surface area contributed by atoms with Crippen LogP contribution >= 0.6 is 11.6 Å². The van der Waals surface area contributed by atoms with Gasteiger partial charge in [0.15, 0.2) is 5.65 Å². The lowest BCUT2D eigenvalue weighted by molar-refractivity contribution is 0.0526. The minimum absolute atomic E-state index is 0.297. The third-order valence-corrected chi connectivity index (χ3v) is 4.80. The highest BCUT2D eigenvalue weighted by molar-refractivity contribution is 6.38. The van der Waals surface area contributed by atoms with Gasteiger partial charge in [-0.25, -0.2) is 14.5 Å². The molecule has 3 rings (SSSR count). The maximum Gasteiger partial charge on any atom is 0.341 e. The highest BCUT2D eigenvalue weighted by Crippen LogP contribution is 2.29. The van der Waals surface area contributed by atoms with E-state index < -0.39 is 5.97 Å². The Morgan fingerprint density at radius 1 is 1.33 bits per heavy atom. The number of aryl methyl sites for hydroxylation is 2. The summed E-state index contributed by atoms with van der Waals surface area (Å²) in [7, 11) is 0. The Hall–Kier alpha value is -1.66. The molecule has 0 radical (unpaired) electrons. The van der Waals surface area contributed by atoms with Crippen molar-refractivity contribution in [3.05, 3.63) is 22.5 Å². The van der Waals surface area contributed by atoms with Gasteiger partial charge < -0.3 is 9.64 Å². The van der Waals surface area contributed by atoms with E-state index in [0.29, 0.717) is 17.2 Å². The Morgan fingerprint density at radius 3 is 2.79 bits per heavy atom. The van der Waals surface area contributed by atoms with Gasteiger partial charge in [-0.3, -0.25) is 0 Å². The highest BCUT2D eigenvalue weighted by Gasteiger charge is 2.20. The van der Waals surface area contributed by atoms with Gasteiger partial charge in [0.2, 0.25) is 0 Å². The van der Waals surface area contributed by atoms with Crippen molar-refractivity contribution in [2.24, 2.45) is 0 Å². The number of hydrogen-bond acceptors (Lipinski definition) is 5. The monoisotopic (exact) mass is 350 g/mol. The number of carbonyl (C=O) groups excluding carboxylic acids is 1. The van der Waals surface area contributed by atoms with Crippen LogP contribution in [0.2, 0.25) is 5.02 Å². The summed E-state index contributed by atoms with van der Waals surface area (Å²) in [5.41, 5.74) is 1.81. The summed E-state index contributed by atoms with van der Waals surface area (Å²) in [5, 5.41) is 5.68. The molecule has 0 amide bonds. The van der Waals surface area contributed by atoms with Crippen LogP contribution in [0.4, 0.5) is 0 Å². The number of nitrogens with zero attached hydrogens (tertiary/aromatic N) is 4. The number of fused-ring (bicyclic) bond motifs is 1. The van der Waals surface area contributed by atoms with Crippen molar-refractivity contribution in [3.63, 3.8) is 0 Å². The first-order valence-electron chi connectivity index (χ1n) is 8.53. The van der Waals surface area contributed by atoms with Gasteiger partial charge in [-0.05, 0) is 52.7 Å². The second-order valence-corrected chi connectivity index (χ2v) is 6.49. The molecule has 1 aliphatic heterocycles. The predicted octanol–water partition coefficient (Wildman–Crippen LogP) is 3.06. The summed E-state index contributed by atoms with van der Waals surface area (Å²) in [5.74, 6) is -0.446. The Labute approximate surface area is 146 Å². The average Bonchev–Trinajstić information content (AvgIpc) is 3.17. The van der Waals surface area contributed by atoms with E-state index in [1.807, 2.05) is 11.6 Å². The van der Waals surface area contributed by atoms with Gasteiger partial charge in [0.25, 0.3) is 0 Å². The van der Waals surface area contributed by atoms with Crippen molar-refractivity contribution < 1.29 is 9.53 Å². The fourth-order valence-electron chi connectivity index (χ4n) is 3.23. The van der Waals surface area contributed by atoms with Crippen molar-refractivity contribution in [2.45, 2.75) is 39.7 Å². The maximum absolute atomic E-state index is 12.0. The zero-order chi connectivity index (χ0) is 17.1. The molecule has 0 aliphatic carbocycles. The van der Waals surface area contributed by atoms with Crippen molar-refractivity contribution in [1.29, 1.82) is 0 Å². The van der Waals surface area contributed by atoms with Crippen LogP contribution in [0.3, 0.4) is 0 Å². The van der Waals surface area contributed by atoms with Crippen LogP contribution in [0.5, 0.6) is 0 Å². The molecule has 0 N–H and O–H groups in total. The number of likely N-dealkylation sites (tertiary alicyclic amines) is 1. The lowest BCUT2D eigenvalue weighted by Gasteiger charge is -2.14. The number of aromatic nitrogens is 3. The Bertz CT molecular complexity index is 738. The molecule has 24 heavy (non-hydrogen) atoms. The van der Waals surface area contributed by atoms with Gasteiger partial charge in [0, 0.05) is 12.7 Å². The van der Waals surface area contributed by atoms with Gasteiger partial charge in [-0.2, -0.15) is 5.10 Å². The second-order valence-electron chi connectivity index (χ2n) is 6.12. The second kappa shape index (κ2) is 7.49. The van der Waals surface area contributed by atoms with E-state index in [-0.39, 0.29) is 0 Å². The number of pyridine rings is 1. The van der Waals surface area contributed by atoms with E-state index in [1.165, 1.54) is 32.1 Å². The average molecular weight is 351 g/mol. The third kappa shape index (κ3) is 3.39. The molecule has 1 aliphatic rings. The van der Waals surface area contributed by atoms with Gasteiger partial charge in [-0.1, -0.05) is 11.6 Å². The summed E-state index contributed by atoms with van der Waals surface area (Å²) < 4.78 is 6.92. The number of hydrogen-bond donors (Lipinski definition) is 0. The number of halogens is 1. The lowest BCUT2D eigenvalue weighted by atomic mass is 10.2. The lowest BCUT2D eigenvalue weighted by Crippen LogP contribution is -2.21. The summed E-state index contributed by atoms with van der Waals surface area (Å²) in [6.07, 6.45) is 5.12. The molecule has 6 nitrogen and oxygen atoms in total. The third-order valence-electron chi connectivity index (χ3n) is 4.41. The van der Waals surface area contributed by atoms with Gasteiger partial charge >= 0.3 is 5.97 Å². The number of esters is 1. The molecule has 7 heteroatoms. The van der Waals surface area contributed by atoms with Gasteiger partial charge in [0.05, 0.1) is 28.3 Å². The SMILES string of the molecule is CCOC(=O)c1cnc2c(c(C)nn2CCCN2CCCC2)c1Cl. The summed E-state index contributed by atoms with van der Waals surface area (Å²) in [4.78, 5) is 18.9. The molecule has 2 aromatic rings. The van der Waals surface area contributed by atoms with E-state index in [4.69, 9.17) is 16.3 Å². The Morgan fingerprint density at radius 2 is 2.08 bits per heavy atom. The Kier molecular flexibility index (Phi) is 5.36. The molecule has 1 fully saturated rings. The fraction of sp³-hybridized carbons (Fsp3) is 0.588. The molecule has 0 aromatic carbocycles. The molecular weight excluding hydrogens is 328 g/mol. The highest BCUT2D eigenvalue weighted by atomic mass is 35.5. The van der Waals surface area contributed by atoms with Gasteiger partial charge in [-0.15, -0.1) is 0 Å². The summed E-state index contributed by atoms with van der Waals surface area (Å²) >= 11 is 6.43. The molecule has 130 valence electrons. The molecule has 3 heterocycles. The normalized spacial score (nSPS) is 15.3. The van der Waals surface area contributed by atoms with Crippen LogP contribution in [-0.4, -0.2) is 51.9 Å². The number of rotatable bonds is 6. The van der Waals surface area contributed by atoms with E-state index in [0.717, 1.165) is 36.2 Å². The van der Waals surface area contributed by atoms with Crippen molar-refractivity contribution in [3.8, 4) is 0 Å².